The van der Waals surface area contributed by atoms with Crippen molar-refractivity contribution < 1.29 is 9.53 Å². The number of esters is 1. The van der Waals surface area contributed by atoms with Crippen LogP contribution in [0, 0.1) is 28.6 Å². The second-order valence-corrected chi connectivity index (χ2v) is 4.46. The number of nitrogens with zero attached hydrogens (tertiary/aromatic N) is 2. The molecular weight excluding hydrogens is 228 g/mol. The Kier molecular flexibility index (Phi) is 10.9. The van der Waals surface area contributed by atoms with E-state index in [-0.39, 0.29) is 18.3 Å². The largest absolute Gasteiger partial charge is 0.465 e. The molecular formula is C14H22N2O2. The van der Waals surface area contributed by atoms with Crippen LogP contribution in [0.3, 0.4) is 0 Å². The first-order chi connectivity index (χ1) is 8.72. The predicted molar refractivity (Wildman–Crippen MR) is 68.3 cm³/mol. The standard InChI is InChI=1S/C14H22N2O2/c1-13(9-11-16)14(17)18-12-8-6-4-2-3-5-7-10-15/h13H,2-9,12H2,1H3. The summed E-state index contributed by atoms with van der Waals surface area (Å²) in [4.78, 5) is 11.3. The van der Waals surface area contributed by atoms with E-state index in [0.29, 0.717) is 13.0 Å². The van der Waals surface area contributed by atoms with Gasteiger partial charge in [0.25, 0.3) is 0 Å². The number of nitriles is 2. The Morgan fingerprint density at radius 2 is 1.67 bits per heavy atom. The van der Waals surface area contributed by atoms with Crippen molar-refractivity contribution in [3.8, 4) is 12.1 Å². The lowest BCUT2D eigenvalue weighted by molar-refractivity contribution is -0.147. The zero-order valence-corrected chi connectivity index (χ0v) is 11.2. The number of hydrogen-bond acceptors (Lipinski definition) is 4. The van der Waals surface area contributed by atoms with Gasteiger partial charge in [0.05, 0.1) is 24.7 Å². The van der Waals surface area contributed by atoms with Crippen molar-refractivity contribution in [2.45, 2.75) is 58.3 Å². The van der Waals surface area contributed by atoms with E-state index in [0.717, 1.165) is 38.5 Å². The highest BCUT2D eigenvalue weighted by molar-refractivity contribution is 5.72. The molecule has 100 valence electrons. The number of hydrogen-bond donors (Lipinski definition) is 0. The first kappa shape index (κ1) is 16.4. The number of ether oxygens (including phenoxy) is 1. The monoisotopic (exact) mass is 250 g/mol. The third kappa shape index (κ3) is 9.66. The summed E-state index contributed by atoms with van der Waals surface area (Å²) in [5.74, 6) is -0.591. The summed E-state index contributed by atoms with van der Waals surface area (Å²) in [5, 5.41) is 16.8. The molecule has 0 radical (unpaired) electrons. The maximum absolute atomic E-state index is 11.3. The predicted octanol–water partition coefficient (Wildman–Crippen LogP) is 3.33. The second kappa shape index (κ2) is 11.9. The molecule has 0 bridgehead atoms. The van der Waals surface area contributed by atoms with Crippen molar-refractivity contribution in [2.24, 2.45) is 5.92 Å². The van der Waals surface area contributed by atoms with Gasteiger partial charge in [0.2, 0.25) is 0 Å². The lowest BCUT2D eigenvalue weighted by Gasteiger charge is -2.08. The fourth-order valence-corrected chi connectivity index (χ4v) is 1.55. The van der Waals surface area contributed by atoms with Crippen LogP contribution in [0.1, 0.15) is 58.3 Å². The van der Waals surface area contributed by atoms with Crippen molar-refractivity contribution in [3.05, 3.63) is 0 Å². The highest BCUT2D eigenvalue weighted by atomic mass is 16.5. The van der Waals surface area contributed by atoms with Crippen LogP contribution in [0.4, 0.5) is 0 Å². The van der Waals surface area contributed by atoms with Crippen LogP contribution in [0.2, 0.25) is 0 Å². The van der Waals surface area contributed by atoms with E-state index in [4.69, 9.17) is 15.3 Å². The molecule has 0 rings (SSSR count). The second-order valence-electron chi connectivity index (χ2n) is 4.46. The number of carbonyl (C=O) groups is 1. The van der Waals surface area contributed by atoms with Crippen LogP contribution in [-0.2, 0) is 9.53 Å². The summed E-state index contributed by atoms with van der Waals surface area (Å²) in [6.45, 7) is 2.16. The summed E-state index contributed by atoms with van der Waals surface area (Å²) in [7, 11) is 0. The Morgan fingerprint density at radius 3 is 2.28 bits per heavy atom. The van der Waals surface area contributed by atoms with Gasteiger partial charge in [-0.3, -0.25) is 4.79 Å². The van der Waals surface area contributed by atoms with Crippen LogP contribution in [-0.4, -0.2) is 12.6 Å². The number of unbranched alkanes of at least 4 members (excludes halogenated alkanes) is 6. The molecule has 0 aliphatic heterocycles. The minimum Gasteiger partial charge on any atom is -0.465 e. The molecule has 0 aromatic rings. The average Bonchev–Trinajstić information content (AvgIpc) is 2.36. The fraction of sp³-hybridized carbons (Fsp3) is 0.786. The van der Waals surface area contributed by atoms with Crippen LogP contribution >= 0.6 is 0 Å². The molecule has 0 aliphatic carbocycles. The maximum Gasteiger partial charge on any atom is 0.309 e. The van der Waals surface area contributed by atoms with Crippen molar-refractivity contribution >= 4 is 5.97 Å². The van der Waals surface area contributed by atoms with Crippen LogP contribution in [0.15, 0.2) is 0 Å². The summed E-state index contributed by atoms with van der Waals surface area (Å²) >= 11 is 0. The first-order valence-electron chi connectivity index (χ1n) is 6.63. The quantitative estimate of drug-likeness (QED) is 0.440. The molecule has 0 saturated carbocycles. The molecule has 4 nitrogen and oxygen atoms in total. The van der Waals surface area contributed by atoms with Crippen LogP contribution < -0.4 is 0 Å². The van der Waals surface area contributed by atoms with Crippen molar-refractivity contribution in [1.82, 2.24) is 0 Å². The molecule has 0 amide bonds. The molecule has 18 heavy (non-hydrogen) atoms. The summed E-state index contributed by atoms with van der Waals surface area (Å²) in [5.41, 5.74) is 0. The smallest absolute Gasteiger partial charge is 0.309 e. The minimum absolute atomic E-state index is 0.220. The van der Waals surface area contributed by atoms with Gasteiger partial charge in [-0.25, -0.2) is 0 Å². The van der Waals surface area contributed by atoms with Gasteiger partial charge in [-0.15, -0.1) is 0 Å². The van der Waals surface area contributed by atoms with Gasteiger partial charge >= 0.3 is 5.97 Å². The van der Waals surface area contributed by atoms with Crippen molar-refractivity contribution in [1.29, 1.82) is 10.5 Å². The summed E-state index contributed by atoms with van der Waals surface area (Å²) in [6.07, 6.45) is 7.14. The molecule has 0 aliphatic rings. The Hall–Kier alpha value is -1.55. The maximum atomic E-state index is 11.3. The summed E-state index contributed by atoms with van der Waals surface area (Å²) in [6, 6.07) is 4.09. The van der Waals surface area contributed by atoms with E-state index < -0.39 is 0 Å². The molecule has 1 atom stereocenters. The molecule has 0 heterocycles. The van der Waals surface area contributed by atoms with Crippen LogP contribution in [0.25, 0.3) is 0 Å². The highest BCUT2D eigenvalue weighted by Gasteiger charge is 2.13. The zero-order valence-electron chi connectivity index (χ0n) is 11.2. The lowest BCUT2D eigenvalue weighted by atomic mass is 10.1. The Morgan fingerprint density at radius 1 is 1.06 bits per heavy atom. The van der Waals surface area contributed by atoms with Crippen molar-refractivity contribution in [3.63, 3.8) is 0 Å². The molecule has 0 saturated heterocycles. The minimum atomic E-state index is -0.319. The molecule has 0 aromatic carbocycles. The van der Waals surface area contributed by atoms with Gasteiger partial charge in [-0.2, -0.15) is 10.5 Å². The third-order valence-electron chi connectivity index (χ3n) is 2.73. The van der Waals surface area contributed by atoms with E-state index in [1.165, 1.54) is 0 Å². The molecule has 0 spiro atoms. The highest BCUT2D eigenvalue weighted by Crippen LogP contribution is 2.08. The zero-order chi connectivity index (χ0) is 13.6. The van der Waals surface area contributed by atoms with Gasteiger partial charge < -0.3 is 4.74 Å². The summed E-state index contributed by atoms with van der Waals surface area (Å²) < 4.78 is 5.07. The van der Waals surface area contributed by atoms with E-state index in [1.807, 2.05) is 6.07 Å². The lowest BCUT2D eigenvalue weighted by Crippen LogP contribution is -2.14. The van der Waals surface area contributed by atoms with E-state index in [1.54, 1.807) is 6.92 Å². The number of carbonyl (C=O) groups excluding carboxylic acids is 1. The van der Waals surface area contributed by atoms with E-state index >= 15 is 0 Å². The average molecular weight is 250 g/mol. The van der Waals surface area contributed by atoms with Gasteiger partial charge in [0, 0.05) is 12.8 Å². The van der Waals surface area contributed by atoms with Crippen molar-refractivity contribution in [2.75, 3.05) is 6.61 Å². The molecule has 0 N–H and O–H groups in total. The van der Waals surface area contributed by atoms with Gasteiger partial charge in [0.1, 0.15) is 0 Å². The first-order valence-corrected chi connectivity index (χ1v) is 6.63. The normalized spacial score (nSPS) is 11.3. The Labute approximate surface area is 110 Å². The van der Waals surface area contributed by atoms with Gasteiger partial charge in [-0.05, 0) is 12.8 Å². The Balaban J connectivity index is 3.28. The fourth-order valence-electron chi connectivity index (χ4n) is 1.55. The molecule has 0 fully saturated rings. The van der Waals surface area contributed by atoms with E-state index in [2.05, 4.69) is 6.07 Å². The molecule has 1 unspecified atom stereocenters. The molecule has 0 aromatic heterocycles. The Bertz CT molecular complexity index is 302. The van der Waals surface area contributed by atoms with E-state index in [9.17, 15) is 4.79 Å². The van der Waals surface area contributed by atoms with Gasteiger partial charge in [0.15, 0.2) is 0 Å². The van der Waals surface area contributed by atoms with Crippen LogP contribution in [0.5, 0.6) is 0 Å². The third-order valence-corrected chi connectivity index (χ3v) is 2.73. The molecule has 4 heteroatoms. The number of rotatable bonds is 10. The topological polar surface area (TPSA) is 73.9 Å². The SMILES string of the molecule is CC(CC#N)C(=O)OCCCCCCCCC#N. The van der Waals surface area contributed by atoms with Gasteiger partial charge in [-0.1, -0.05) is 32.6 Å².